The van der Waals surface area contributed by atoms with Crippen molar-refractivity contribution in [3.63, 3.8) is 0 Å². The lowest BCUT2D eigenvalue weighted by atomic mass is 10.2. The molecule has 0 spiro atoms. The summed E-state index contributed by atoms with van der Waals surface area (Å²) in [4.78, 5) is 4.29. The summed E-state index contributed by atoms with van der Waals surface area (Å²) in [6.07, 6.45) is 3.58. The number of hydrogen-bond acceptors (Lipinski definition) is 3. The number of ether oxygens (including phenoxy) is 1. The molecular weight excluding hydrogens is 325 g/mol. The lowest BCUT2D eigenvalue weighted by Gasteiger charge is -2.10. The van der Waals surface area contributed by atoms with E-state index in [0.29, 0.717) is 25.3 Å². The first kappa shape index (κ1) is 15.2. The van der Waals surface area contributed by atoms with Gasteiger partial charge in [-0.2, -0.15) is 0 Å². The van der Waals surface area contributed by atoms with Gasteiger partial charge in [-0.15, -0.1) is 0 Å². The van der Waals surface area contributed by atoms with E-state index in [1.165, 1.54) is 6.07 Å². The lowest BCUT2D eigenvalue weighted by Crippen LogP contribution is -2.21. The van der Waals surface area contributed by atoms with Crippen LogP contribution in [0.4, 0.5) is 4.39 Å². The van der Waals surface area contributed by atoms with Crippen LogP contribution in [0.5, 0.6) is 0 Å². The number of nitrogens with one attached hydrogen (secondary N) is 1. The monoisotopic (exact) mass is 341 g/mol. The molecule has 1 aromatic heterocycles. The fraction of sp³-hybridized carbons (Fsp3) is 0.357. The minimum Gasteiger partial charge on any atom is -0.383 e. The quantitative estimate of drug-likeness (QED) is 0.786. The minimum atomic E-state index is -0.216. The second-order valence-corrected chi connectivity index (χ2v) is 5.29. The molecule has 1 aromatic carbocycles. The predicted octanol–water partition coefficient (Wildman–Crippen LogP) is 2.57. The Morgan fingerprint density at radius 3 is 3.05 bits per heavy atom. The number of hydrogen-bond donors (Lipinski definition) is 1. The Morgan fingerprint density at radius 1 is 1.45 bits per heavy atom. The van der Waals surface area contributed by atoms with Gasteiger partial charge in [0.05, 0.1) is 19.7 Å². The van der Waals surface area contributed by atoms with Crippen molar-refractivity contribution in [2.45, 2.75) is 13.1 Å². The summed E-state index contributed by atoms with van der Waals surface area (Å²) in [5.41, 5.74) is 0.643. The number of halogens is 2. The van der Waals surface area contributed by atoms with Crippen LogP contribution in [-0.4, -0.2) is 29.8 Å². The smallest absolute Gasteiger partial charge is 0.129 e. The van der Waals surface area contributed by atoms with Gasteiger partial charge in [0.2, 0.25) is 0 Å². The Hall–Kier alpha value is -1.24. The summed E-state index contributed by atoms with van der Waals surface area (Å²) in [5, 5.41) is 3.23. The van der Waals surface area contributed by atoms with Crippen molar-refractivity contribution in [1.82, 2.24) is 14.9 Å². The lowest BCUT2D eigenvalue weighted by molar-refractivity contribution is 0.199. The van der Waals surface area contributed by atoms with Gasteiger partial charge in [0.1, 0.15) is 11.6 Å². The Kier molecular flexibility index (Phi) is 5.70. The topological polar surface area (TPSA) is 39.1 Å². The SMILES string of the molecule is COCCNCc1nccn1Cc1ccc(Br)cc1F. The maximum atomic E-state index is 13.8. The highest BCUT2D eigenvalue weighted by atomic mass is 79.9. The molecule has 0 saturated carbocycles. The second-order valence-electron chi connectivity index (χ2n) is 4.38. The van der Waals surface area contributed by atoms with Crippen molar-refractivity contribution in [2.24, 2.45) is 0 Å². The van der Waals surface area contributed by atoms with E-state index >= 15 is 0 Å². The van der Waals surface area contributed by atoms with E-state index < -0.39 is 0 Å². The average Bonchev–Trinajstić information content (AvgIpc) is 2.85. The molecule has 1 N–H and O–H groups in total. The largest absolute Gasteiger partial charge is 0.383 e. The molecule has 0 aliphatic rings. The van der Waals surface area contributed by atoms with E-state index in [1.54, 1.807) is 19.4 Å². The molecule has 2 aromatic rings. The van der Waals surface area contributed by atoms with Gasteiger partial charge in [0.25, 0.3) is 0 Å². The van der Waals surface area contributed by atoms with Crippen LogP contribution in [0.25, 0.3) is 0 Å². The Morgan fingerprint density at radius 2 is 2.30 bits per heavy atom. The van der Waals surface area contributed by atoms with Crippen LogP contribution in [0.1, 0.15) is 11.4 Å². The molecule has 0 atom stereocenters. The van der Waals surface area contributed by atoms with Gasteiger partial charge < -0.3 is 14.6 Å². The van der Waals surface area contributed by atoms with E-state index in [-0.39, 0.29) is 5.82 Å². The van der Waals surface area contributed by atoms with Gasteiger partial charge >= 0.3 is 0 Å². The molecular formula is C14H17BrFN3O. The van der Waals surface area contributed by atoms with Crippen molar-refractivity contribution in [3.8, 4) is 0 Å². The molecule has 0 aliphatic carbocycles. The molecule has 108 valence electrons. The molecule has 0 aliphatic heterocycles. The molecule has 0 saturated heterocycles. The van der Waals surface area contributed by atoms with E-state index in [1.807, 2.05) is 16.8 Å². The first-order valence-corrected chi connectivity index (χ1v) is 7.13. The van der Waals surface area contributed by atoms with E-state index in [0.717, 1.165) is 16.8 Å². The number of rotatable bonds is 7. The fourth-order valence-electron chi connectivity index (χ4n) is 1.86. The van der Waals surface area contributed by atoms with Gasteiger partial charge in [-0.05, 0) is 12.1 Å². The van der Waals surface area contributed by atoms with Crippen LogP contribution in [0.3, 0.4) is 0 Å². The van der Waals surface area contributed by atoms with E-state index in [9.17, 15) is 4.39 Å². The summed E-state index contributed by atoms with van der Waals surface area (Å²) in [6, 6.07) is 5.09. The van der Waals surface area contributed by atoms with Gasteiger partial charge in [-0.3, -0.25) is 0 Å². The maximum absolute atomic E-state index is 13.8. The molecule has 0 radical (unpaired) electrons. The van der Waals surface area contributed by atoms with Crippen LogP contribution in [0.15, 0.2) is 35.1 Å². The van der Waals surface area contributed by atoms with Crippen LogP contribution < -0.4 is 5.32 Å². The van der Waals surface area contributed by atoms with Crippen LogP contribution in [0.2, 0.25) is 0 Å². The highest BCUT2D eigenvalue weighted by Crippen LogP contribution is 2.16. The number of nitrogens with zero attached hydrogens (tertiary/aromatic N) is 2. The molecule has 20 heavy (non-hydrogen) atoms. The molecule has 0 unspecified atom stereocenters. The zero-order valence-corrected chi connectivity index (χ0v) is 12.9. The highest BCUT2D eigenvalue weighted by molar-refractivity contribution is 9.10. The third kappa shape index (κ3) is 4.13. The van der Waals surface area contributed by atoms with Crippen LogP contribution in [-0.2, 0) is 17.8 Å². The van der Waals surface area contributed by atoms with Gasteiger partial charge in [-0.25, -0.2) is 9.37 Å². The zero-order valence-electron chi connectivity index (χ0n) is 11.3. The molecule has 0 bridgehead atoms. The zero-order chi connectivity index (χ0) is 14.4. The molecule has 0 amide bonds. The summed E-state index contributed by atoms with van der Waals surface area (Å²) in [7, 11) is 1.67. The number of imidazole rings is 1. The van der Waals surface area contributed by atoms with Crippen molar-refractivity contribution in [2.75, 3.05) is 20.3 Å². The summed E-state index contributed by atoms with van der Waals surface area (Å²) in [5.74, 6) is 0.662. The van der Waals surface area contributed by atoms with Crippen LogP contribution >= 0.6 is 15.9 Å². The number of benzene rings is 1. The third-order valence-corrected chi connectivity index (χ3v) is 3.42. The predicted molar refractivity (Wildman–Crippen MR) is 79.0 cm³/mol. The molecule has 4 nitrogen and oxygen atoms in total. The summed E-state index contributed by atoms with van der Waals surface area (Å²) >= 11 is 3.26. The molecule has 6 heteroatoms. The van der Waals surface area contributed by atoms with Gasteiger partial charge in [0.15, 0.2) is 0 Å². The van der Waals surface area contributed by atoms with E-state index in [2.05, 4.69) is 26.2 Å². The highest BCUT2D eigenvalue weighted by Gasteiger charge is 2.07. The van der Waals surface area contributed by atoms with E-state index in [4.69, 9.17) is 4.74 Å². The van der Waals surface area contributed by atoms with Crippen molar-refractivity contribution in [1.29, 1.82) is 0 Å². The number of aromatic nitrogens is 2. The van der Waals surface area contributed by atoms with Crippen LogP contribution in [0, 0.1) is 5.82 Å². The van der Waals surface area contributed by atoms with Crippen molar-refractivity contribution in [3.05, 3.63) is 52.3 Å². The fourth-order valence-corrected chi connectivity index (χ4v) is 2.19. The molecule has 0 fully saturated rings. The van der Waals surface area contributed by atoms with Gasteiger partial charge in [0, 0.05) is 36.1 Å². The maximum Gasteiger partial charge on any atom is 0.129 e. The standard InChI is InChI=1S/C14H17BrFN3O/c1-20-7-5-17-9-14-18-4-6-19(14)10-11-2-3-12(15)8-13(11)16/h2-4,6,8,17H,5,7,9-10H2,1H3. The first-order chi connectivity index (χ1) is 9.70. The third-order valence-electron chi connectivity index (χ3n) is 2.92. The molecule has 1 heterocycles. The van der Waals surface area contributed by atoms with Gasteiger partial charge in [-0.1, -0.05) is 22.0 Å². The Balaban J connectivity index is 2.01. The Bertz CT molecular complexity index is 559. The summed E-state index contributed by atoms with van der Waals surface area (Å²) < 4.78 is 21.5. The number of methoxy groups -OCH3 is 1. The average molecular weight is 342 g/mol. The Labute approximate surface area is 126 Å². The van der Waals surface area contributed by atoms with Crippen molar-refractivity contribution >= 4 is 15.9 Å². The molecule has 2 rings (SSSR count). The normalized spacial score (nSPS) is 10.9. The minimum absolute atomic E-state index is 0.216. The summed E-state index contributed by atoms with van der Waals surface area (Å²) in [6.45, 7) is 2.52. The first-order valence-electron chi connectivity index (χ1n) is 6.34. The second kappa shape index (κ2) is 7.52. The van der Waals surface area contributed by atoms with Crippen molar-refractivity contribution < 1.29 is 9.13 Å².